The second-order valence-electron chi connectivity index (χ2n) is 5.78. The number of benzene rings is 1. The molecule has 0 aliphatic heterocycles. The Kier molecular flexibility index (Phi) is 7.06. The Morgan fingerprint density at radius 2 is 1.86 bits per heavy atom. The zero-order valence-corrected chi connectivity index (χ0v) is 16.8. The van der Waals surface area contributed by atoms with Crippen LogP contribution in [-0.4, -0.2) is 42.9 Å². The predicted octanol–water partition coefficient (Wildman–Crippen LogP) is 3.19. The van der Waals surface area contributed by atoms with Crippen LogP contribution in [0.5, 0.6) is 5.75 Å². The van der Waals surface area contributed by atoms with Gasteiger partial charge in [-0.3, -0.25) is 10.1 Å². The van der Waals surface area contributed by atoms with Crippen LogP contribution in [0.1, 0.15) is 28.7 Å². The molecule has 0 spiro atoms. The molecule has 0 bridgehead atoms. The van der Waals surface area contributed by atoms with Gasteiger partial charge in [-0.1, -0.05) is 11.6 Å². The summed E-state index contributed by atoms with van der Waals surface area (Å²) in [7, 11) is 1.54. The van der Waals surface area contributed by atoms with Gasteiger partial charge in [-0.15, -0.1) is 0 Å². The van der Waals surface area contributed by atoms with Gasteiger partial charge in [0.05, 0.1) is 25.0 Å². The molecule has 0 atom stereocenters. The molecule has 0 unspecified atom stereocenters. The second-order valence-corrected chi connectivity index (χ2v) is 6.22. The zero-order valence-electron chi connectivity index (χ0n) is 16.0. The number of amides is 2. The Labute approximate surface area is 167 Å². The maximum absolute atomic E-state index is 12.4. The number of alkyl carbamates (subject to hydrolysis) is 1. The number of rotatable bonds is 6. The van der Waals surface area contributed by atoms with Crippen molar-refractivity contribution in [1.82, 2.24) is 9.88 Å². The summed E-state index contributed by atoms with van der Waals surface area (Å²) in [4.78, 5) is 35.2. The number of hydrogen-bond donors (Lipinski definition) is 1. The van der Waals surface area contributed by atoms with E-state index in [9.17, 15) is 14.4 Å². The average Bonchev–Trinajstić information content (AvgIpc) is 2.94. The molecule has 1 heterocycles. The molecule has 2 amide bonds. The van der Waals surface area contributed by atoms with Gasteiger partial charge in [-0.25, -0.2) is 9.59 Å². The molecule has 1 N–H and O–H groups in total. The minimum absolute atomic E-state index is 0.123. The molecule has 0 fully saturated rings. The fourth-order valence-electron chi connectivity index (χ4n) is 2.70. The number of nitrogens with one attached hydrogen (secondary N) is 1. The highest BCUT2D eigenvalue weighted by atomic mass is 35.5. The Bertz CT molecular complexity index is 906. The quantitative estimate of drug-likeness (QED) is 0.737. The van der Waals surface area contributed by atoms with Crippen molar-refractivity contribution in [2.45, 2.75) is 20.8 Å². The van der Waals surface area contributed by atoms with Gasteiger partial charge in [-0.05, 0) is 45.0 Å². The van der Waals surface area contributed by atoms with Crippen molar-refractivity contribution in [2.24, 2.45) is 0 Å². The van der Waals surface area contributed by atoms with Crippen LogP contribution in [0.25, 0.3) is 5.69 Å². The van der Waals surface area contributed by atoms with Crippen LogP contribution in [0.15, 0.2) is 24.3 Å². The van der Waals surface area contributed by atoms with Gasteiger partial charge in [0.25, 0.3) is 5.91 Å². The van der Waals surface area contributed by atoms with Crippen LogP contribution in [0.3, 0.4) is 0 Å². The highest BCUT2D eigenvalue weighted by molar-refractivity contribution is 6.30. The van der Waals surface area contributed by atoms with E-state index in [4.69, 9.17) is 21.1 Å². The van der Waals surface area contributed by atoms with Crippen LogP contribution in [-0.2, 0) is 14.3 Å². The maximum Gasteiger partial charge on any atom is 0.413 e. The van der Waals surface area contributed by atoms with E-state index in [1.807, 2.05) is 12.2 Å². The summed E-state index contributed by atoms with van der Waals surface area (Å²) in [5.74, 6) is -0.892. The van der Waals surface area contributed by atoms with Gasteiger partial charge in [0.2, 0.25) is 0 Å². The van der Waals surface area contributed by atoms with Gasteiger partial charge < -0.3 is 18.8 Å². The molecule has 1 aromatic carbocycles. The number of methoxy groups -OCH3 is 1. The standard InChI is InChI=1S/C19H21ClN2O6/c1-5-27-19(25)21-17(23)10-28-18(24)14-8-11(2)22(12(14)3)15-9-13(20)6-7-16(15)26-4/h6-9H,5,10H2,1-4H3,(H,21,23,25). The normalized spacial score (nSPS) is 10.3. The number of hydrogen-bond acceptors (Lipinski definition) is 6. The Morgan fingerprint density at radius 1 is 1.14 bits per heavy atom. The minimum Gasteiger partial charge on any atom is -0.495 e. The SMILES string of the molecule is CCOC(=O)NC(=O)COC(=O)c1cc(C)n(-c2cc(Cl)ccc2OC)c1C. The largest absolute Gasteiger partial charge is 0.495 e. The first-order valence-corrected chi connectivity index (χ1v) is 8.82. The van der Waals surface area contributed by atoms with Crippen molar-refractivity contribution < 1.29 is 28.6 Å². The number of halogens is 1. The lowest BCUT2D eigenvalue weighted by Gasteiger charge is -2.14. The number of nitrogens with zero attached hydrogens (tertiary/aromatic N) is 1. The summed E-state index contributed by atoms with van der Waals surface area (Å²) in [5.41, 5.74) is 2.29. The van der Waals surface area contributed by atoms with Gasteiger partial charge in [0, 0.05) is 16.4 Å². The van der Waals surface area contributed by atoms with Crippen LogP contribution in [0.4, 0.5) is 4.79 Å². The fraction of sp³-hybridized carbons (Fsp3) is 0.316. The fourth-order valence-corrected chi connectivity index (χ4v) is 2.87. The highest BCUT2D eigenvalue weighted by Crippen LogP contribution is 2.30. The number of esters is 1. The number of ether oxygens (including phenoxy) is 3. The van der Waals surface area contributed by atoms with Gasteiger partial charge in [0.15, 0.2) is 6.61 Å². The molecule has 2 rings (SSSR count). The third-order valence-electron chi connectivity index (χ3n) is 3.88. The molecule has 0 aliphatic carbocycles. The molecule has 28 heavy (non-hydrogen) atoms. The van der Waals surface area contributed by atoms with Crippen LogP contribution in [0.2, 0.25) is 5.02 Å². The van der Waals surface area contributed by atoms with E-state index in [0.717, 1.165) is 5.69 Å². The number of aryl methyl sites for hydroxylation is 1. The van der Waals surface area contributed by atoms with Crippen molar-refractivity contribution >= 4 is 29.6 Å². The first-order chi connectivity index (χ1) is 13.3. The smallest absolute Gasteiger partial charge is 0.413 e. The van der Waals surface area contributed by atoms with Crippen molar-refractivity contribution in [2.75, 3.05) is 20.3 Å². The van der Waals surface area contributed by atoms with Crippen molar-refractivity contribution in [3.8, 4) is 11.4 Å². The van der Waals surface area contributed by atoms with Gasteiger partial charge in [-0.2, -0.15) is 0 Å². The lowest BCUT2D eigenvalue weighted by Crippen LogP contribution is -2.34. The monoisotopic (exact) mass is 408 g/mol. The lowest BCUT2D eigenvalue weighted by molar-refractivity contribution is -0.123. The molecule has 1 aromatic heterocycles. The molecule has 2 aromatic rings. The first kappa shape index (κ1) is 21.3. The Balaban J connectivity index is 2.19. The topological polar surface area (TPSA) is 95.9 Å². The summed E-state index contributed by atoms with van der Waals surface area (Å²) < 4.78 is 16.8. The average molecular weight is 409 g/mol. The van der Waals surface area contributed by atoms with Crippen LogP contribution >= 0.6 is 11.6 Å². The molecule has 0 aliphatic rings. The summed E-state index contributed by atoms with van der Waals surface area (Å²) in [5, 5.41) is 2.47. The van der Waals surface area contributed by atoms with E-state index in [1.54, 1.807) is 42.7 Å². The Hall–Kier alpha value is -3.00. The van der Waals surface area contributed by atoms with E-state index < -0.39 is 24.6 Å². The molecule has 0 saturated heterocycles. The van der Waals surface area contributed by atoms with Crippen molar-refractivity contribution in [1.29, 1.82) is 0 Å². The number of aromatic nitrogens is 1. The maximum atomic E-state index is 12.4. The van der Waals surface area contributed by atoms with E-state index >= 15 is 0 Å². The zero-order chi connectivity index (χ0) is 20.8. The summed E-state index contributed by atoms with van der Waals surface area (Å²) in [6.45, 7) is 4.68. The third-order valence-corrected chi connectivity index (χ3v) is 4.12. The van der Waals surface area contributed by atoms with Crippen molar-refractivity contribution in [3.05, 3.63) is 46.2 Å². The number of imide groups is 1. The number of carbonyl (C=O) groups excluding carboxylic acids is 3. The van der Waals surface area contributed by atoms with Crippen molar-refractivity contribution in [3.63, 3.8) is 0 Å². The molecule has 9 heteroatoms. The lowest BCUT2D eigenvalue weighted by atomic mass is 10.2. The first-order valence-electron chi connectivity index (χ1n) is 8.45. The van der Waals surface area contributed by atoms with Gasteiger partial charge >= 0.3 is 12.1 Å². The van der Waals surface area contributed by atoms with Crippen LogP contribution in [0, 0.1) is 13.8 Å². The molecule has 8 nitrogen and oxygen atoms in total. The van der Waals surface area contributed by atoms with E-state index in [-0.39, 0.29) is 12.2 Å². The molecule has 0 saturated carbocycles. The van der Waals surface area contributed by atoms with E-state index in [1.165, 1.54) is 7.11 Å². The summed E-state index contributed by atoms with van der Waals surface area (Å²) >= 11 is 6.10. The Morgan fingerprint density at radius 3 is 2.50 bits per heavy atom. The number of carbonyl (C=O) groups is 3. The summed E-state index contributed by atoms with van der Waals surface area (Å²) in [6.07, 6.45) is -0.894. The van der Waals surface area contributed by atoms with Gasteiger partial charge in [0.1, 0.15) is 5.75 Å². The highest BCUT2D eigenvalue weighted by Gasteiger charge is 2.21. The van der Waals surface area contributed by atoms with E-state index in [0.29, 0.717) is 22.2 Å². The van der Waals surface area contributed by atoms with Crippen LogP contribution < -0.4 is 10.1 Å². The molecular formula is C19H21ClN2O6. The van der Waals surface area contributed by atoms with E-state index in [2.05, 4.69) is 4.74 Å². The molecule has 150 valence electrons. The molecule has 0 radical (unpaired) electrons. The third kappa shape index (κ3) is 4.83. The predicted molar refractivity (Wildman–Crippen MR) is 102 cm³/mol. The molecular weight excluding hydrogens is 388 g/mol. The minimum atomic E-state index is -0.894. The summed E-state index contributed by atoms with van der Waals surface area (Å²) in [6, 6.07) is 6.80. The second kappa shape index (κ2) is 9.27.